The molecule has 2 aromatic rings. The Hall–Kier alpha value is -2.75. The molecule has 2 aromatic carbocycles. The van der Waals surface area contributed by atoms with E-state index >= 15 is 0 Å². The van der Waals surface area contributed by atoms with Gasteiger partial charge in [-0.1, -0.05) is 74.5 Å². The molecular formula is C22H28N2O6S. The van der Waals surface area contributed by atoms with Crippen molar-refractivity contribution >= 4 is 22.0 Å². The summed E-state index contributed by atoms with van der Waals surface area (Å²) in [5.41, 5.74) is 7.34. The molecule has 1 amide bonds. The van der Waals surface area contributed by atoms with Crippen LogP contribution in [0.15, 0.2) is 60.7 Å². The average Bonchev–Trinajstić information content (AvgIpc) is 2.71. The van der Waals surface area contributed by atoms with Gasteiger partial charge in [-0.2, -0.15) is 8.42 Å². The topological polar surface area (TPSA) is 136 Å². The molecule has 0 aromatic heterocycles. The van der Waals surface area contributed by atoms with Crippen LogP contribution in [0, 0.1) is 5.92 Å². The number of ether oxygens (including phenoxy) is 1. The Labute approximate surface area is 182 Å². The van der Waals surface area contributed by atoms with Gasteiger partial charge in [0.1, 0.15) is 6.61 Å². The summed E-state index contributed by atoms with van der Waals surface area (Å²) in [7, 11) is -5.09. The van der Waals surface area contributed by atoms with Crippen molar-refractivity contribution in [3.05, 3.63) is 71.8 Å². The van der Waals surface area contributed by atoms with Gasteiger partial charge in [0.15, 0.2) is 0 Å². The first-order chi connectivity index (χ1) is 14.5. The zero-order valence-electron chi connectivity index (χ0n) is 17.5. The molecule has 0 saturated carbocycles. The molecule has 0 heterocycles. The van der Waals surface area contributed by atoms with E-state index in [4.69, 9.17) is 10.5 Å². The highest BCUT2D eigenvalue weighted by molar-refractivity contribution is 7.88. The largest absolute Gasteiger partial charge is 0.458 e. The molecule has 31 heavy (non-hydrogen) atoms. The summed E-state index contributed by atoms with van der Waals surface area (Å²) in [6.45, 7) is 3.09. The molecule has 0 radical (unpaired) electrons. The molecule has 0 fully saturated rings. The number of nitrogens with two attached hydrogens (primary N) is 1. The number of hydrogen-bond acceptors (Lipinski definition) is 6. The van der Waals surface area contributed by atoms with E-state index in [1.54, 1.807) is 68.4 Å². The summed E-state index contributed by atoms with van der Waals surface area (Å²) < 4.78 is 39.9. The maximum absolute atomic E-state index is 12.9. The lowest BCUT2D eigenvalue weighted by atomic mass is 10.0. The normalized spacial score (nSPS) is 14.5. The zero-order valence-corrected chi connectivity index (χ0v) is 18.3. The van der Waals surface area contributed by atoms with Crippen molar-refractivity contribution in [2.75, 3.05) is 0 Å². The molecule has 0 aliphatic carbocycles. The highest BCUT2D eigenvalue weighted by atomic mass is 32.2. The second-order valence-corrected chi connectivity index (χ2v) is 9.39. The number of rotatable bonds is 10. The Morgan fingerprint density at radius 1 is 1.03 bits per heavy atom. The quantitative estimate of drug-likeness (QED) is 0.374. The van der Waals surface area contributed by atoms with Crippen LogP contribution in [0.2, 0.25) is 0 Å². The Balaban J connectivity index is 2.27. The third-order valence-corrected chi connectivity index (χ3v) is 5.95. The van der Waals surface area contributed by atoms with E-state index in [0.717, 1.165) is 5.56 Å². The van der Waals surface area contributed by atoms with Crippen LogP contribution in [0.5, 0.6) is 0 Å². The van der Waals surface area contributed by atoms with E-state index < -0.39 is 32.9 Å². The predicted molar refractivity (Wildman–Crippen MR) is 116 cm³/mol. The van der Waals surface area contributed by atoms with Gasteiger partial charge < -0.3 is 15.8 Å². The zero-order chi connectivity index (χ0) is 23.1. The number of carbonyl (C=O) groups excluding carboxylic acids is 2. The van der Waals surface area contributed by atoms with E-state index in [9.17, 15) is 22.6 Å². The molecule has 0 bridgehead atoms. The van der Waals surface area contributed by atoms with Crippen molar-refractivity contribution in [3.8, 4) is 0 Å². The van der Waals surface area contributed by atoms with Crippen molar-refractivity contribution in [3.63, 3.8) is 0 Å². The maximum Gasteiger partial charge on any atom is 0.350 e. The van der Waals surface area contributed by atoms with Gasteiger partial charge in [-0.05, 0) is 23.5 Å². The third kappa shape index (κ3) is 6.61. The molecule has 0 spiro atoms. The molecule has 2 rings (SSSR count). The SMILES string of the molecule is CC(C)CC(NC(=O)[C@@H](N)Cc1ccccc1)(C(=O)OCc1ccccc1)S(=O)(=O)O. The first-order valence-corrected chi connectivity index (χ1v) is 11.3. The molecule has 168 valence electrons. The van der Waals surface area contributed by atoms with Crippen LogP contribution in [0.4, 0.5) is 0 Å². The molecule has 0 aliphatic heterocycles. The van der Waals surface area contributed by atoms with Gasteiger partial charge in [0.2, 0.25) is 5.91 Å². The van der Waals surface area contributed by atoms with Gasteiger partial charge in [-0.25, -0.2) is 4.79 Å². The fourth-order valence-corrected chi connectivity index (χ4v) is 4.17. The minimum atomic E-state index is -5.09. The number of amides is 1. The van der Waals surface area contributed by atoms with E-state index in [1.165, 1.54) is 0 Å². The minimum absolute atomic E-state index is 0.120. The smallest absolute Gasteiger partial charge is 0.350 e. The van der Waals surface area contributed by atoms with Gasteiger partial charge in [0.25, 0.3) is 4.87 Å². The molecule has 8 nitrogen and oxygen atoms in total. The number of hydrogen-bond donors (Lipinski definition) is 3. The van der Waals surface area contributed by atoms with Crippen molar-refractivity contribution in [2.45, 2.75) is 44.2 Å². The van der Waals surface area contributed by atoms with Crippen molar-refractivity contribution in [1.29, 1.82) is 0 Å². The fourth-order valence-electron chi connectivity index (χ4n) is 3.13. The van der Waals surface area contributed by atoms with Gasteiger partial charge in [-0.3, -0.25) is 9.35 Å². The summed E-state index contributed by atoms with van der Waals surface area (Å²) in [6, 6.07) is 16.4. The van der Waals surface area contributed by atoms with Crippen molar-refractivity contribution < 1.29 is 27.3 Å². The van der Waals surface area contributed by atoms with Crippen LogP contribution < -0.4 is 11.1 Å². The average molecular weight is 449 g/mol. The van der Waals surface area contributed by atoms with Crippen molar-refractivity contribution in [2.24, 2.45) is 11.7 Å². The van der Waals surface area contributed by atoms with Crippen LogP contribution in [-0.4, -0.2) is 35.8 Å². The number of benzene rings is 2. The van der Waals surface area contributed by atoms with Crippen LogP contribution in [0.1, 0.15) is 31.4 Å². The molecular weight excluding hydrogens is 420 g/mol. The summed E-state index contributed by atoms with van der Waals surface area (Å²) in [5.74, 6) is -2.54. The lowest BCUT2D eigenvalue weighted by Crippen LogP contribution is -2.63. The third-order valence-electron chi connectivity index (χ3n) is 4.64. The van der Waals surface area contributed by atoms with Gasteiger partial charge in [0, 0.05) is 6.42 Å². The highest BCUT2D eigenvalue weighted by Gasteiger charge is 2.54. The van der Waals surface area contributed by atoms with Crippen LogP contribution in [0.25, 0.3) is 0 Å². The van der Waals surface area contributed by atoms with Crippen LogP contribution >= 0.6 is 0 Å². The maximum atomic E-state index is 12.9. The van der Waals surface area contributed by atoms with Gasteiger partial charge in [-0.15, -0.1) is 0 Å². The van der Waals surface area contributed by atoms with E-state index in [2.05, 4.69) is 5.32 Å². The van der Waals surface area contributed by atoms with Crippen LogP contribution in [-0.2, 0) is 37.5 Å². The standard InChI is InChI=1S/C22H28N2O6S/c1-16(2)14-22(31(27,28)29,21(26)30-15-18-11-7-4-8-12-18)24-20(25)19(23)13-17-9-5-3-6-10-17/h3-12,16,19H,13-15,23H2,1-2H3,(H,24,25)(H,27,28,29)/t19-,22?/m0/s1. The highest BCUT2D eigenvalue weighted by Crippen LogP contribution is 2.26. The summed E-state index contributed by atoms with van der Waals surface area (Å²) in [5, 5.41) is 2.18. The second-order valence-electron chi connectivity index (χ2n) is 7.75. The number of nitrogens with one attached hydrogen (secondary N) is 1. The Bertz CT molecular complexity index is 980. The number of carbonyl (C=O) groups is 2. The summed E-state index contributed by atoms with van der Waals surface area (Å²) >= 11 is 0. The summed E-state index contributed by atoms with van der Waals surface area (Å²) in [4.78, 5) is 23.0. The fraction of sp³-hybridized carbons (Fsp3) is 0.364. The molecule has 1 unspecified atom stereocenters. The Kier molecular flexibility index (Phi) is 8.32. The molecule has 0 saturated heterocycles. The Morgan fingerprint density at radius 3 is 2.03 bits per heavy atom. The predicted octanol–water partition coefficient (Wildman–Crippen LogP) is 2.05. The molecule has 2 atom stereocenters. The lowest BCUT2D eigenvalue weighted by molar-refractivity contribution is -0.152. The van der Waals surface area contributed by atoms with E-state index in [0.29, 0.717) is 5.56 Å². The summed E-state index contributed by atoms with van der Waals surface area (Å²) in [6.07, 6.45) is -0.266. The molecule has 4 N–H and O–H groups in total. The van der Waals surface area contributed by atoms with Crippen molar-refractivity contribution in [1.82, 2.24) is 5.32 Å². The van der Waals surface area contributed by atoms with E-state index in [-0.39, 0.29) is 25.4 Å². The van der Waals surface area contributed by atoms with E-state index in [1.807, 2.05) is 6.07 Å². The van der Waals surface area contributed by atoms with Gasteiger partial charge in [0.05, 0.1) is 6.04 Å². The first-order valence-electron chi connectivity index (χ1n) is 9.85. The monoisotopic (exact) mass is 448 g/mol. The second kappa shape index (κ2) is 10.5. The minimum Gasteiger partial charge on any atom is -0.458 e. The Morgan fingerprint density at radius 2 is 1.55 bits per heavy atom. The lowest BCUT2D eigenvalue weighted by Gasteiger charge is -2.31. The molecule has 9 heteroatoms. The number of esters is 1. The van der Waals surface area contributed by atoms with Crippen LogP contribution in [0.3, 0.4) is 0 Å². The van der Waals surface area contributed by atoms with Gasteiger partial charge >= 0.3 is 16.1 Å². The molecule has 0 aliphatic rings. The first kappa shape index (κ1) is 24.5.